The van der Waals surface area contributed by atoms with E-state index in [1.165, 1.54) is 0 Å². The summed E-state index contributed by atoms with van der Waals surface area (Å²) in [5.41, 5.74) is 8.31. The summed E-state index contributed by atoms with van der Waals surface area (Å²) in [6.07, 6.45) is 4.25. The SMILES string of the molecule is CCC(N)C(OCc1ccc(Cl)cc1)c1ccncc1. The molecule has 0 aliphatic carbocycles. The van der Waals surface area contributed by atoms with Crippen LogP contribution in [0.5, 0.6) is 0 Å². The molecule has 0 amide bonds. The number of aromatic nitrogens is 1. The van der Waals surface area contributed by atoms with Crippen LogP contribution in [0, 0.1) is 0 Å². The summed E-state index contributed by atoms with van der Waals surface area (Å²) >= 11 is 5.88. The van der Waals surface area contributed by atoms with Crippen LogP contribution in [0.15, 0.2) is 48.8 Å². The second kappa shape index (κ2) is 7.39. The summed E-state index contributed by atoms with van der Waals surface area (Å²) in [6, 6.07) is 11.5. The number of hydrogen-bond acceptors (Lipinski definition) is 3. The van der Waals surface area contributed by atoms with Crippen molar-refractivity contribution >= 4 is 11.6 Å². The zero-order valence-corrected chi connectivity index (χ0v) is 12.3. The predicted octanol–water partition coefficient (Wildman–Crippen LogP) is 3.73. The fourth-order valence-corrected chi connectivity index (χ4v) is 2.13. The Morgan fingerprint density at radius 3 is 2.40 bits per heavy atom. The minimum atomic E-state index is -0.126. The topological polar surface area (TPSA) is 48.1 Å². The van der Waals surface area contributed by atoms with Gasteiger partial charge in [-0.2, -0.15) is 0 Å². The van der Waals surface area contributed by atoms with Crippen molar-refractivity contribution in [2.75, 3.05) is 0 Å². The van der Waals surface area contributed by atoms with Gasteiger partial charge in [-0.3, -0.25) is 4.98 Å². The van der Waals surface area contributed by atoms with Crippen molar-refractivity contribution in [3.63, 3.8) is 0 Å². The van der Waals surface area contributed by atoms with Crippen LogP contribution >= 0.6 is 11.6 Å². The summed E-state index contributed by atoms with van der Waals surface area (Å²) < 4.78 is 6.01. The second-order valence-corrected chi connectivity index (χ2v) is 5.15. The molecule has 1 heterocycles. The van der Waals surface area contributed by atoms with Gasteiger partial charge in [0.1, 0.15) is 0 Å². The Balaban J connectivity index is 2.07. The monoisotopic (exact) mass is 290 g/mol. The molecule has 2 N–H and O–H groups in total. The molecule has 2 rings (SSSR count). The van der Waals surface area contributed by atoms with Crippen LogP contribution in [0.3, 0.4) is 0 Å². The molecular weight excluding hydrogens is 272 g/mol. The number of nitrogens with zero attached hydrogens (tertiary/aromatic N) is 1. The average molecular weight is 291 g/mol. The van der Waals surface area contributed by atoms with Gasteiger partial charge in [-0.15, -0.1) is 0 Å². The number of hydrogen-bond donors (Lipinski definition) is 1. The molecule has 1 aromatic carbocycles. The fraction of sp³-hybridized carbons (Fsp3) is 0.312. The Kier molecular flexibility index (Phi) is 5.53. The lowest BCUT2D eigenvalue weighted by Crippen LogP contribution is -2.29. The van der Waals surface area contributed by atoms with Crippen molar-refractivity contribution in [3.05, 3.63) is 64.9 Å². The van der Waals surface area contributed by atoms with Crippen LogP contribution in [0.25, 0.3) is 0 Å². The Labute approximate surface area is 124 Å². The van der Waals surface area contributed by atoms with Crippen LogP contribution in [-0.4, -0.2) is 11.0 Å². The summed E-state index contributed by atoms with van der Waals surface area (Å²) in [5, 5.41) is 0.727. The number of ether oxygens (including phenoxy) is 1. The third-order valence-corrected chi connectivity index (χ3v) is 3.49. The Morgan fingerprint density at radius 1 is 1.15 bits per heavy atom. The van der Waals surface area contributed by atoms with Gasteiger partial charge in [0.25, 0.3) is 0 Å². The summed E-state index contributed by atoms with van der Waals surface area (Å²) in [4.78, 5) is 4.03. The molecule has 2 unspecified atom stereocenters. The number of nitrogens with two attached hydrogens (primary N) is 1. The average Bonchev–Trinajstić information content (AvgIpc) is 2.50. The highest BCUT2D eigenvalue weighted by molar-refractivity contribution is 6.30. The lowest BCUT2D eigenvalue weighted by Gasteiger charge is -2.23. The van der Waals surface area contributed by atoms with Crippen LogP contribution < -0.4 is 5.73 Å². The van der Waals surface area contributed by atoms with Gasteiger partial charge in [0.15, 0.2) is 0 Å². The highest BCUT2D eigenvalue weighted by Crippen LogP contribution is 2.23. The Hall–Kier alpha value is -1.42. The molecule has 0 bridgehead atoms. The van der Waals surface area contributed by atoms with E-state index >= 15 is 0 Å². The fourth-order valence-electron chi connectivity index (χ4n) is 2.00. The maximum absolute atomic E-state index is 6.17. The standard InChI is InChI=1S/C16H19ClN2O/c1-2-15(18)16(13-7-9-19-10-8-13)20-11-12-3-5-14(17)6-4-12/h3-10,15-16H,2,11,18H2,1H3. The quantitative estimate of drug-likeness (QED) is 0.882. The summed E-state index contributed by atoms with van der Waals surface area (Å²) in [7, 11) is 0. The van der Waals surface area contributed by atoms with Crippen molar-refractivity contribution in [3.8, 4) is 0 Å². The van der Waals surface area contributed by atoms with E-state index in [4.69, 9.17) is 22.1 Å². The van der Waals surface area contributed by atoms with Crippen LogP contribution in [0.2, 0.25) is 5.02 Å². The molecule has 1 aromatic heterocycles. The van der Waals surface area contributed by atoms with E-state index in [9.17, 15) is 0 Å². The lowest BCUT2D eigenvalue weighted by atomic mass is 10.0. The normalized spacial score (nSPS) is 13.9. The zero-order valence-electron chi connectivity index (χ0n) is 11.5. The van der Waals surface area contributed by atoms with Gasteiger partial charge in [0, 0.05) is 23.5 Å². The van der Waals surface area contributed by atoms with E-state index in [1.54, 1.807) is 12.4 Å². The van der Waals surface area contributed by atoms with Crippen molar-refractivity contribution in [2.24, 2.45) is 5.73 Å². The number of rotatable bonds is 6. The molecular formula is C16H19ClN2O. The van der Waals surface area contributed by atoms with Crippen molar-refractivity contribution in [2.45, 2.75) is 32.1 Å². The molecule has 2 atom stereocenters. The van der Waals surface area contributed by atoms with E-state index in [1.807, 2.05) is 36.4 Å². The van der Waals surface area contributed by atoms with E-state index in [0.717, 1.165) is 22.6 Å². The Bertz CT molecular complexity index is 516. The minimum absolute atomic E-state index is 0.0373. The first-order valence-electron chi connectivity index (χ1n) is 6.72. The number of halogens is 1. The largest absolute Gasteiger partial charge is 0.367 e. The van der Waals surface area contributed by atoms with Gasteiger partial charge in [-0.25, -0.2) is 0 Å². The van der Waals surface area contributed by atoms with Crippen molar-refractivity contribution in [1.29, 1.82) is 0 Å². The molecule has 2 aromatic rings. The van der Waals surface area contributed by atoms with Crippen molar-refractivity contribution < 1.29 is 4.74 Å². The maximum Gasteiger partial charge on any atom is 0.0981 e. The number of pyridine rings is 1. The van der Waals surface area contributed by atoms with Gasteiger partial charge in [0.2, 0.25) is 0 Å². The Morgan fingerprint density at radius 2 is 1.80 bits per heavy atom. The van der Waals surface area contributed by atoms with Gasteiger partial charge in [0.05, 0.1) is 12.7 Å². The van der Waals surface area contributed by atoms with E-state index < -0.39 is 0 Å². The molecule has 0 saturated heterocycles. The van der Waals surface area contributed by atoms with Gasteiger partial charge >= 0.3 is 0 Å². The van der Waals surface area contributed by atoms with Crippen LogP contribution in [-0.2, 0) is 11.3 Å². The zero-order chi connectivity index (χ0) is 14.4. The molecule has 0 spiro atoms. The highest BCUT2D eigenvalue weighted by Gasteiger charge is 2.19. The molecule has 4 heteroatoms. The molecule has 0 aliphatic heterocycles. The van der Waals surface area contributed by atoms with Gasteiger partial charge in [-0.05, 0) is 41.8 Å². The van der Waals surface area contributed by atoms with Gasteiger partial charge < -0.3 is 10.5 Å². The molecule has 0 radical (unpaired) electrons. The van der Waals surface area contributed by atoms with Gasteiger partial charge in [-0.1, -0.05) is 30.7 Å². The first-order chi connectivity index (χ1) is 9.70. The lowest BCUT2D eigenvalue weighted by molar-refractivity contribution is 0.0212. The molecule has 0 fully saturated rings. The van der Waals surface area contributed by atoms with E-state index in [-0.39, 0.29) is 12.1 Å². The summed E-state index contributed by atoms with van der Waals surface area (Å²) in [6.45, 7) is 2.57. The molecule has 0 saturated carbocycles. The third kappa shape index (κ3) is 4.04. The molecule has 0 aliphatic rings. The minimum Gasteiger partial charge on any atom is -0.367 e. The highest BCUT2D eigenvalue weighted by atomic mass is 35.5. The molecule has 3 nitrogen and oxygen atoms in total. The van der Waals surface area contributed by atoms with Crippen LogP contribution in [0.1, 0.15) is 30.6 Å². The number of benzene rings is 1. The van der Waals surface area contributed by atoms with E-state index in [0.29, 0.717) is 6.61 Å². The first-order valence-corrected chi connectivity index (χ1v) is 7.10. The van der Waals surface area contributed by atoms with Crippen molar-refractivity contribution in [1.82, 2.24) is 4.98 Å². The second-order valence-electron chi connectivity index (χ2n) is 4.71. The van der Waals surface area contributed by atoms with E-state index in [2.05, 4.69) is 11.9 Å². The molecule has 106 valence electrons. The summed E-state index contributed by atoms with van der Waals surface area (Å²) in [5.74, 6) is 0. The van der Waals surface area contributed by atoms with Crippen LogP contribution in [0.4, 0.5) is 0 Å². The molecule has 20 heavy (non-hydrogen) atoms. The first kappa shape index (κ1) is 15.0. The predicted molar refractivity (Wildman–Crippen MR) is 81.5 cm³/mol. The third-order valence-electron chi connectivity index (χ3n) is 3.24. The maximum atomic E-state index is 6.17. The smallest absolute Gasteiger partial charge is 0.0981 e.